The van der Waals surface area contributed by atoms with Crippen LogP contribution in [-0.2, 0) is 12.6 Å². The second kappa shape index (κ2) is 1.91. The summed E-state index contributed by atoms with van der Waals surface area (Å²) < 4.78 is 1.87. The molecule has 0 aliphatic heterocycles. The van der Waals surface area contributed by atoms with E-state index in [4.69, 9.17) is 5.73 Å². The topological polar surface area (TPSA) is 43.8 Å². The molecule has 1 aromatic heterocycles. The molecular formula is C9H15N3. The van der Waals surface area contributed by atoms with Crippen LogP contribution < -0.4 is 5.73 Å². The first-order valence-electron chi connectivity index (χ1n) is 4.25. The number of aromatic nitrogens is 2. The zero-order chi connectivity index (χ0) is 8.98. The van der Waals surface area contributed by atoms with Gasteiger partial charge in [-0.15, -0.1) is 0 Å². The quantitative estimate of drug-likeness (QED) is 0.674. The summed E-state index contributed by atoms with van der Waals surface area (Å²) in [7, 11) is 1.94. The lowest BCUT2D eigenvalue weighted by Crippen LogP contribution is -2.28. The van der Waals surface area contributed by atoms with Crippen molar-refractivity contribution in [1.29, 1.82) is 0 Å². The Kier molecular flexibility index (Phi) is 1.24. The standard InChI is InChI=1S/C9H15N3/c1-8(2)6-9(8,10)7-4-5-11-12(7)3/h4-5H,6,10H2,1-3H3. The second-order valence-electron chi connectivity index (χ2n) is 4.37. The molecule has 12 heavy (non-hydrogen) atoms. The van der Waals surface area contributed by atoms with Crippen molar-refractivity contribution >= 4 is 0 Å². The summed E-state index contributed by atoms with van der Waals surface area (Å²) in [6.45, 7) is 4.39. The normalized spacial score (nSPS) is 32.0. The van der Waals surface area contributed by atoms with Gasteiger partial charge in [0.25, 0.3) is 0 Å². The molecule has 1 saturated carbocycles. The van der Waals surface area contributed by atoms with Gasteiger partial charge in [-0.25, -0.2) is 0 Å². The van der Waals surface area contributed by atoms with Crippen LogP contribution in [0.1, 0.15) is 26.0 Å². The molecule has 1 atom stereocenters. The lowest BCUT2D eigenvalue weighted by atomic mass is 10.0. The number of nitrogens with zero attached hydrogens (tertiary/aromatic N) is 2. The molecule has 1 aliphatic rings. The lowest BCUT2D eigenvalue weighted by molar-refractivity contribution is 0.478. The predicted molar refractivity (Wildman–Crippen MR) is 47.5 cm³/mol. The summed E-state index contributed by atoms with van der Waals surface area (Å²) in [5.74, 6) is 0. The van der Waals surface area contributed by atoms with E-state index in [1.54, 1.807) is 6.20 Å². The molecule has 1 fully saturated rings. The van der Waals surface area contributed by atoms with Gasteiger partial charge in [-0.2, -0.15) is 5.10 Å². The molecule has 2 rings (SSSR count). The van der Waals surface area contributed by atoms with Crippen molar-refractivity contribution in [2.24, 2.45) is 18.2 Å². The minimum atomic E-state index is -0.141. The maximum absolute atomic E-state index is 6.23. The lowest BCUT2D eigenvalue weighted by Gasteiger charge is -2.14. The summed E-state index contributed by atoms with van der Waals surface area (Å²) in [6.07, 6.45) is 2.86. The van der Waals surface area contributed by atoms with Gasteiger partial charge < -0.3 is 5.73 Å². The van der Waals surface area contributed by atoms with Crippen LogP contribution in [0.4, 0.5) is 0 Å². The Bertz CT molecular complexity index is 313. The van der Waals surface area contributed by atoms with Gasteiger partial charge in [-0.3, -0.25) is 4.68 Å². The zero-order valence-corrected chi connectivity index (χ0v) is 7.83. The van der Waals surface area contributed by atoms with E-state index < -0.39 is 0 Å². The largest absolute Gasteiger partial charge is 0.320 e. The Hall–Kier alpha value is -0.830. The fourth-order valence-corrected chi connectivity index (χ4v) is 1.90. The summed E-state index contributed by atoms with van der Waals surface area (Å²) in [5.41, 5.74) is 7.47. The second-order valence-corrected chi connectivity index (χ2v) is 4.37. The maximum atomic E-state index is 6.23. The van der Waals surface area contributed by atoms with Gasteiger partial charge in [0, 0.05) is 13.2 Å². The molecule has 2 N–H and O–H groups in total. The summed E-state index contributed by atoms with van der Waals surface area (Å²) >= 11 is 0. The molecule has 0 saturated heterocycles. The van der Waals surface area contributed by atoms with E-state index in [-0.39, 0.29) is 11.0 Å². The minimum absolute atomic E-state index is 0.141. The minimum Gasteiger partial charge on any atom is -0.320 e. The van der Waals surface area contributed by atoms with Crippen LogP contribution in [0.3, 0.4) is 0 Å². The molecule has 0 radical (unpaired) electrons. The highest BCUT2D eigenvalue weighted by molar-refractivity contribution is 5.29. The molecule has 1 heterocycles. The number of aryl methyl sites for hydroxylation is 1. The molecule has 66 valence electrons. The first kappa shape index (κ1) is 7.80. The van der Waals surface area contributed by atoms with Gasteiger partial charge in [0.2, 0.25) is 0 Å². The Morgan fingerprint density at radius 2 is 2.17 bits per heavy atom. The van der Waals surface area contributed by atoms with Crippen LogP contribution in [0.15, 0.2) is 12.3 Å². The van der Waals surface area contributed by atoms with Crippen LogP contribution in [-0.4, -0.2) is 9.78 Å². The molecule has 1 aliphatic carbocycles. The molecular weight excluding hydrogens is 150 g/mol. The summed E-state index contributed by atoms with van der Waals surface area (Å²) in [4.78, 5) is 0. The molecule has 1 aromatic rings. The van der Waals surface area contributed by atoms with E-state index in [9.17, 15) is 0 Å². The molecule has 0 aromatic carbocycles. The highest BCUT2D eigenvalue weighted by atomic mass is 15.3. The van der Waals surface area contributed by atoms with E-state index in [2.05, 4.69) is 18.9 Å². The van der Waals surface area contributed by atoms with Crippen molar-refractivity contribution in [3.05, 3.63) is 18.0 Å². The third-order valence-corrected chi connectivity index (χ3v) is 3.08. The van der Waals surface area contributed by atoms with Gasteiger partial charge in [0.05, 0.1) is 11.2 Å². The average Bonchev–Trinajstić information content (AvgIpc) is 2.36. The monoisotopic (exact) mass is 165 g/mol. The highest BCUT2D eigenvalue weighted by Gasteiger charge is 2.60. The molecule has 3 heteroatoms. The third-order valence-electron chi connectivity index (χ3n) is 3.08. The van der Waals surface area contributed by atoms with Crippen LogP contribution in [0.2, 0.25) is 0 Å². The van der Waals surface area contributed by atoms with Gasteiger partial charge in [-0.1, -0.05) is 13.8 Å². The SMILES string of the molecule is Cn1nccc1C1(N)CC1(C)C. The zero-order valence-electron chi connectivity index (χ0n) is 7.83. The fourth-order valence-electron chi connectivity index (χ4n) is 1.90. The van der Waals surface area contributed by atoms with Gasteiger partial charge in [0.1, 0.15) is 0 Å². The van der Waals surface area contributed by atoms with Crippen molar-refractivity contribution in [1.82, 2.24) is 9.78 Å². The van der Waals surface area contributed by atoms with Crippen molar-refractivity contribution < 1.29 is 0 Å². The van der Waals surface area contributed by atoms with Crippen molar-refractivity contribution in [2.45, 2.75) is 25.8 Å². The predicted octanol–water partition coefficient (Wildman–Crippen LogP) is 1.00. The van der Waals surface area contributed by atoms with Gasteiger partial charge >= 0.3 is 0 Å². The van der Waals surface area contributed by atoms with Gasteiger partial charge in [0.15, 0.2) is 0 Å². The Morgan fingerprint density at radius 1 is 1.58 bits per heavy atom. The molecule has 0 amide bonds. The Labute approximate surface area is 72.6 Å². The smallest absolute Gasteiger partial charge is 0.0638 e. The van der Waals surface area contributed by atoms with Crippen molar-refractivity contribution in [2.75, 3.05) is 0 Å². The average molecular weight is 165 g/mol. The molecule has 0 bridgehead atoms. The van der Waals surface area contributed by atoms with E-state index in [0.717, 1.165) is 12.1 Å². The van der Waals surface area contributed by atoms with E-state index >= 15 is 0 Å². The maximum Gasteiger partial charge on any atom is 0.0638 e. The summed E-state index contributed by atoms with van der Waals surface area (Å²) in [6, 6.07) is 2.01. The number of hydrogen-bond donors (Lipinski definition) is 1. The van der Waals surface area contributed by atoms with E-state index in [1.165, 1.54) is 0 Å². The fraction of sp³-hybridized carbons (Fsp3) is 0.667. The van der Waals surface area contributed by atoms with Crippen molar-refractivity contribution in [3.63, 3.8) is 0 Å². The van der Waals surface area contributed by atoms with Crippen LogP contribution in [0.5, 0.6) is 0 Å². The third kappa shape index (κ3) is 0.771. The summed E-state index contributed by atoms with van der Waals surface area (Å²) in [5, 5.41) is 4.13. The number of nitrogens with two attached hydrogens (primary N) is 1. The molecule has 1 unspecified atom stereocenters. The number of rotatable bonds is 1. The van der Waals surface area contributed by atoms with E-state index in [0.29, 0.717) is 0 Å². The van der Waals surface area contributed by atoms with Gasteiger partial charge in [-0.05, 0) is 17.9 Å². The highest BCUT2D eigenvalue weighted by Crippen LogP contribution is 2.59. The number of hydrogen-bond acceptors (Lipinski definition) is 2. The van der Waals surface area contributed by atoms with Crippen LogP contribution in [0, 0.1) is 5.41 Å². The Balaban J connectivity index is 2.40. The molecule has 0 spiro atoms. The van der Waals surface area contributed by atoms with E-state index in [1.807, 2.05) is 17.8 Å². The van der Waals surface area contributed by atoms with Crippen LogP contribution >= 0.6 is 0 Å². The molecule has 3 nitrogen and oxygen atoms in total. The first-order chi connectivity index (χ1) is 5.47. The van der Waals surface area contributed by atoms with Crippen molar-refractivity contribution in [3.8, 4) is 0 Å². The first-order valence-corrected chi connectivity index (χ1v) is 4.25. The van der Waals surface area contributed by atoms with Crippen LogP contribution in [0.25, 0.3) is 0 Å². The Morgan fingerprint density at radius 3 is 2.50 bits per heavy atom.